The SMILES string of the molecule is CCC(C)(CC)C1=C=C=C(N)C(C(C)(CC)CC)=C1. The van der Waals surface area contributed by atoms with Crippen LogP contribution in [-0.2, 0) is 0 Å². The lowest BCUT2D eigenvalue weighted by atomic mass is 9.71. The first kappa shape index (κ1) is 15.9. The molecule has 0 aliphatic heterocycles. The van der Waals surface area contributed by atoms with Gasteiger partial charge >= 0.3 is 0 Å². The Morgan fingerprint density at radius 3 is 1.79 bits per heavy atom. The zero-order valence-electron chi connectivity index (χ0n) is 13.5. The molecule has 0 aromatic rings. The molecule has 0 amide bonds. The van der Waals surface area contributed by atoms with E-state index >= 15 is 0 Å². The summed E-state index contributed by atoms with van der Waals surface area (Å²) in [4.78, 5) is 0. The molecule has 2 N–H and O–H groups in total. The molecule has 0 unspecified atom stereocenters. The largest absolute Gasteiger partial charge is 0.392 e. The fourth-order valence-electron chi connectivity index (χ4n) is 2.55. The zero-order valence-corrected chi connectivity index (χ0v) is 13.5. The molecule has 106 valence electrons. The molecule has 0 bridgehead atoms. The first-order valence-electron chi connectivity index (χ1n) is 7.61. The molecule has 0 radical (unpaired) electrons. The topological polar surface area (TPSA) is 26.0 Å². The van der Waals surface area contributed by atoms with Crippen LogP contribution in [0.25, 0.3) is 0 Å². The van der Waals surface area contributed by atoms with Crippen molar-refractivity contribution in [2.45, 2.75) is 67.2 Å². The van der Waals surface area contributed by atoms with E-state index in [1.54, 1.807) is 0 Å². The molecule has 0 spiro atoms. The van der Waals surface area contributed by atoms with E-state index in [0.717, 1.165) is 31.4 Å². The molecular formula is C18H29N. The van der Waals surface area contributed by atoms with Crippen molar-refractivity contribution in [3.05, 3.63) is 34.4 Å². The summed E-state index contributed by atoms with van der Waals surface area (Å²) in [5.74, 6) is 0. The molecule has 1 aliphatic carbocycles. The molecule has 1 rings (SSSR count). The quantitative estimate of drug-likeness (QED) is 0.660. The highest BCUT2D eigenvalue weighted by Crippen LogP contribution is 2.42. The Bertz CT molecular complexity index is 458. The second-order valence-corrected chi connectivity index (χ2v) is 6.17. The molecule has 0 fully saturated rings. The molecular weight excluding hydrogens is 230 g/mol. The van der Waals surface area contributed by atoms with Crippen molar-refractivity contribution in [3.8, 4) is 0 Å². The molecule has 0 atom stereocenters. The number of hydrogen-bond acceptors (Lipinski definition) is 1. The van der Waals surface area contributed by atoms with E-state index in [2.05, 4.69) is 59.1 Å². The number of allylic oxidation sites excluding steroid dienone is 3. The van der Waals surface area contributed by atoms with Crippen LogP contribution in [0.1, 0.15) is 67.2 Å². The smallest absolute Gasteiger partial charge is 0.0869 e. The molecule has 0 heterocycles. The molecule has 0 aromatic carbocycles. The second-order valence-electron chi connectivity index (χ2n) is 6.17. The minimum Gasteiger partial charge on any atom is -0.392 e. The minimum absolute atomic E-state index is 0.146. The molecule has 1 nitrogen and oxygen atoms in total. The molecule has 0 saturated heterocycles. The van der Waals surface area contributed by atoms with Gasteiger partial charge in [0.05, 0.1) is 5.70 Å². The highest BCUT2D eigenvalue weighted by molar-refractivity contribution is 5.44. The van der Waals surface area contributed by atoms with Crippen LogP contribution in [0.5, 0.6) is 0 Å². The Morgan fingerprint density at radius 1 is 0.895 bits per heavy atom. The standard InChI is InChI=1S/C18H29N/c1-7-17(5,8-2)14-11-12-16(19)15(13-14)18(6,9-3)10-4/h13H,7-10,19H2,1-6H3. The number of nitrogens with two attached hydrogens (primary N) is 1. The van der Waals surface area contributed by atoms with E-state index in [-0.39, 0.29) is 10.8 Å². The van der Waals surface area contributed by atoms with Crippen molar-refractivity contribution >= 4 is 0 Å². The van der Waals surface area contributed by atoms with E-state index in [4.69, 9.17) is 5.73 Å². The summed E-state index contributed by atoms with van der Waals surface area (Å²) in [7, 11) is 0. The fraction of sp³-hybridized carbons (Fsp3) is 0.667. The lowest BCUT2D eigenvalue weighted by Gasteiger charge is -2.34. The van der Waals surface area contributed by atoms with Gasteiger partial charge in [-0.15, -0.1) is 0 Å². The second kappa shape index (κ2) is 5.87. The lowest BCUT2D eigenvalue weighted by Crippen LogP contribution is -2.24. The molecule has 1 heteroatoms. The Labute approximate surface area is 119 Å². The van der Waals surface area contributed by atoms with E-state index < -0.39 is 0 Å². The van der Waals surface area contributed by atoms with E-state index in [0.29, 0.717) is 0 Å². The maximum Gasteiger partial charge on any atom is 0.0869 e. The Balaban J connectivity index is 3.34. The summed E-state index contributed by atoms with van der Waals surface area (Å²) in [6, 6.07) is 0. The fourth-order valence-corrected chi connectivity index (χ4v) is 2.55. The Hall–Kier alpha value is -1.16. The average molecular weight is 259 g/mol. The third-order valence-electron chi connectivity index (χ3n) is 5.33. The summed E-state index contributed by atoms with van der Waals surface area (Å²) in [5.41, 5.74) is 16.2. The molecule has 0 aromatic heterocycles. The van der Waals surface area contributed by atoms with Crippen molar-refractivity contribution in [1.82, 2.24) is 0 Å². The van der Waals surface area contributed by atoms with Crippen molar-refractivity contribution in [2.24, 2.45) is 16.6 Å². The van der Waals surface area contributed by atoms with Crippen LogP contribution in [0, 0.1) is 10.8 Å². The predicted octanol–water partition coefficient (Wildman–Crippen LogP) is 5.10. The maximum absolute atomic E-state index is 6.17. The molecule has 19 heavy (non-hydrogen) atoms. The third kappa shape index (κ3) is 2.89. The van der Waals surface area contributed by atoms with Gasteiger partial charge in [0, 0.05) is 5.57 Å². The minimum atomic E-state index is 0.146. The number of rotatable bonds is 6. The van der Waals surface area contributed by atoms with Gasteiger partial charge in [0.15, 0.2) is 0 Å². The van der Waals surface area contributed by atoms with Crippen molar-refractivity contribution < 1.29 is 0 Å². The Morgan fingerprint density at radius 2 is 1.37 bits per heavy atom. The summed E-state index contributed by atoms with van der Waals surface area (Å²) in [6.07, 6.45) is 6.71. The van der Waals surface area contributed by atoms with Gasteiger partial charge in [-0.25, -0.2) is 0 Å². The highest BCUT2D eigenvalue weighted by Gasteiger charge is 2.31. The lowest BCUT2D eigenvalue weighted by molar-refractivity contribution is 0.359. The first-order valence-corrected chi connectivity index (χ1v) is 7.61. The first-order chi connectivity index (χ1) is 8.86. The van der Waals surface area contributed by atoms with Crippen LogP contribution in [0.4, 0.5) is 0 Å². The maximum atomic E-state index is 6.17. The van der Waals surface area contributed by atoms with Gasteiger partial charge < -0.3 is 5.73 Å². The van der Waals surface area contributed by atoms with Gasteiger partial charge in [-0.3, -0.25) is 0 Å². The summed E-state index contributed by atoms with van der Waals surface area (Å²) in [5, 5.41) is 0. The van der Waals surface area contributed by atoms with E-state index in [1.165, 1.54) is 11.1 Å². The van der Waals surface area contributed by atoms with Crippen LogP contribution < -0.4 is 5.73 Å². The molecule has 1 aliphatic rings. The van der Waals surface area contributed by atoms with Gasteiger partial charge in [-0.1, -0.05) is 47.3 Å². The van der Waals surface area contributed by atoms with Crippen molar-refractivity contribution in [3.63, 3.8) is 0 Å². The summed E-state index contributed by atoms with van der Waals surface area (Å²) in [6.45, 7) is 13.6. The van der Waals surface area contributed by atoms with Crippen LogP contribution in [-0.4, -0.2) is 0 Å². The van der Waals surface area contributed by atoms with Crippen molar-refractivity contribution in [1.29, 1.82) is 0 Å². The van der Waals surface area contributed by atoms with Crippen LogP contribution in [0.2, 0.25) is 0 Å². The average Bonchev–Trinajstić information content (AvgIpc) is 2.46. The van der Waals surface area contributed by atoms with Crippen LogP contribution in [0.15, 0.2) is 34.4 Å². The van der Waals surface area contributed by atoms with Gasteiger partial charge in [0.25, 0.3) is 0 Å². The molecule has 0 saturated carbocycles. The van der Waals surface area contributed by atoms with Crippen LogP contribution >= 0.6 is 0 Å². The van der Waals surface area contributed by atoms with E-state index in [9.17, 15) is 0 Å². The van der Waals surface area contributed by atoms with Gasteiger partial charge in [0.2, 0.25) is 0 Å². The summed E-state index contributed by atoms with van der Waals surface area (Å²) < 4.78 is 0. The zero-order chi connectivity index (χ0) is 14.7. The van der Waals surface area contributed by atoms with Gasteiger partial charge in [-0.2, -0.15) is 0 Å². The van der Waals surface area contributed by atoms with Crippen LogP contribution in [0.3, 0.4) is 0 Å². The predicted molar refractivity (Wildman–Crippen MR) is 83.7 cm³/mol. The van der Waals surface area contributed by atoms with Gasteiger partial charge in [0.1, 0.15) is 0 Å². The Kier molecular flexibility index (Phi) is 4.91. The van der Waals surface area contributed by atoms with E-state index in [1.807, 2.05) is 0 Å². The van der Waals surface area contributed by atoms with Gasteiger partial charge in [-0.05, 0) is 53.9 Å². The third-order valence-corrected chi connectivity index (χ3v) is 5.33. The van der Waals surface area contributed by atoms with Crippen molar-refractivity contribution in [2.75, 3.05) is 0 Å². The summed E-state index contributed by atoms with van der Waals surface area (Å²) >= 11 is 0. The normalized spacial score (nSPS) is 16.0. The number of hydrogen-bond donors (Lipinski definition) is 1. The monoisotopic (exact) mass is 259 g/mol. The highest BCUT2D eigenvalue weighted by atomic mass is 14.6.